The molecule has 0 atom stereocenters. The van der Waals surface area contributed by atoms with Gasteiger partial charge in [-0.1, -0.05) is 18.2 Å². The number of rotatable bonds is 9. The van der Waals surface area contributed by atoms with Gasteiger partial charge < -0.3 is 20.4 Å². The molecular formula is C23H28N6O2S. The number of nitrogens with one attached hydrogen (secondary N) is 1. The highest BCUT2D eigenvalue weighted by atomic mass is 32.1. The van der Waals surface area contributed by atoms with Crippen LogP contribution in [-0.2, 0) is 17.7 Å². The van der Waals surface area contributed by atoms with Crippen LogP contribution in [0.5, 0.6) is 0 Å². The molecule has 0 fully saturated rings. The van der Waals surface area contributed by atoms with E-state index in [4.69, 9.17) is 15.5 Å². The number of nitrogens with zero attached hydrogens (tertiary/aromatic N) is 4. The molecular weight excluding hydrogens is 424 g/mol. The zero-order valence-corrected chi connectivity index (χ0v) is 19.5. The van der Waals surface area contributed by atoms with E-state index in [9.17, 15) is 4.79 Å². The summed E-state index contributed by atoms with van der Waals surface area (Å²) in [5.74, 6) is 1.33. The predicted molar refractivity (Wildman–Crippen MR) is 128 cm³/mol. The van der Waals surface area contributed by atoms with Gasteiger partial charge in [-0.05, 0) is 32.8 Å². The van der Waals surface area contributed by atoms with Crippen LogP contribution in [0.3, 0.4) is 0 Å². The SMILES string of the molecule is COCCc1nc2c(N)nc3ccccc3c2n1CCCCNC(=O)c1sc(C)nc1C. The summed E-state index contributed by atoms with van der Waals surface area (Å²) in [4.78, 5) is 26.8. The van der Waals surface area contributed by atoms with E-state index in [-0.39, 0.29) is 5.91 Å². The molecule has 0 aliphatic rings. The number of hydrogen-bond acceptors (Lipinski definition) is 7. The fraction of sp³-hybridized carbons (Fsp3) is 0.391. The lowest BCUT2D eigenvalue weighted by Crippen LogP contribution is -2.24. The fourth-order valence-electron chi connectivity index (χ4n) is 3.95. The summed E-state index contributed by atoms with van der Waals surface area (Å²) in [7, 11) is 1.69. The quantitative estimate of drug-likeness (QED) is 0.375. The number of unbranched alkanes of at least 4 members (excludes halogenated alkanes) is 1. The highest BCUT2D eigenvalue weighted by Gasteiger charge is 2.17. The van der Waals surface area contributed by atoms with Crippen LogP contribution in [0.2, 0.25) is 0 Å². The Kier molecular flexibility index (Phi) is 6.66. The summed E-state index contributed by atoms with van der Waals surface area (Å²) in [5.41, 5.74) is 9.64. The molecule has 0 saturated heterocycles. The van der Waals surface area contributed by atoms with Crippen molar-refractivity contribution < 1.29 is 9.53 Å². The number of nitrogen functional groups attached to an aromatic ring is 1. The van der Waals surface area contributed by atoms with Crippen LogP contribution in [0.25, 0.3) is 21.9 Å². The van der Waals surface area contributed by atoms with Gasteiger partial charge in [0.1, 0.15) is 16.2 Å². The van der Waals surface area contributed by atoms with E-state index in [0.29, 0.717) is 30.3 Å². The summed E-state index contributed by atoms with van der Waals surface area (Å²) < 4.78 is 7.51. The Labute approximate surface area is 190 Å². The molecule has 168 valence electrons. The van der Waals surface area contributed by atoms with Gasteiger partial charge in [-0.25, -0.2) is 15.0 Å². The number of anilines is 1. The Morgan fingerprint density at radius 1 is 1.19 bits per heavy atom. The number of aryl methyl sites for hydroxylation is 3. The van der Waals surface area contributed by atoms with Crippen LogP contribution in [0, 0.1) is 13.8 Å². The van der Waals surface area contributed by atoms with Crippen molar-refractivity contribution >= 4 is 45.0 Å². The monoisotopic (exact) mass is 452 g/mol. The van der Waals surface area contributed by atoms with Gasteiger partial charge in [0.05, 0.1) is 28.3 Å². The molecule has 0 bridgehead atoms. The van der Waals surface area contributed by atoms with Crippen molar-refractivity contribution in [3.8, 4) is 0 Å². The Balaban J connectivity index is 1.50. The zero-order valence-electron chi connectivity index (χ0n) is 18.6. The first kappa shape index (κ1) is 22.2. The van der Waals surface area contributed by atoms with Crippen LogP contribution in [-0.4, -0.2) is 45.7 Å². The summed E-state index contributed by atoms with van der Waals surface area (Å²) in [6.45, 7) is 5.75. The molecule has 4 rings (SSSR count). The van der Waals surface area contributed by atoms with Crippen LogP contribution < -0.4 is 11.1 Å². The number of para-hydroxylation sites is 1. The summed E-state index contributed by atoms with van der Waals surface area (Å²) >= 11 is 1.43. The van der Waals surface area contributed by atoms with Crippen molar-refractivity contribution in [2.75, 3.05) is 26.0 Å². The Morgan fingerprint density at radius 3 is 2.75 bits per heavy atom. The van der Waals surface area contributed by atoms with Crippen molar-refractivity contribution in [1.29, 1.82) is 0 Å². The van der Waals surface area contributed by atoms with E-state index in [1.54, 1.807) is 7.11 Å². The maximum Gasteiger partial charge on any atom is 0.263 e. The smallest absolute Gasteiger partial charge is 0.263 e. The van der Waals surface area contributed by atoms with E-state index in [2.05, 4.69) is 25.9 Å². The van der Waals surface area contributed by atoms with Gasteiger partial charge in [0.25, 0.3) is 5.91 Å². The third-order valence-corrected chi connectivity index (χ3v) is 6.49. The Bertz CT molecular complexity index is 1260. The van der Waals surface area contributed by atoms with Crippen molar-refractivity contribution in [2.24, 2.45) is 0 Å². The number of hydrogen-bond donors (Lipinski definition) is 2. The number of aromatic nitrogens is 4. The second-order valence-corrected chi connectivity index (χ2v) is 8.95. The van der Waals surface area contributed by atoms with Crippen LogP contribution >= 0.6 is 11.3 Å². The van der Waals surface area contributed by atoms with E-state index in [0.717, 1.165) is 57.8 Å². The molecule has 0 spiro atoms. The topological polar surface area (TPSA) is 108 Å². The van der Waals surface area contributed by atoms with Crippen LogP contribution in [0.15, 0.2) is 24.3 Å². The van der Waals surface area contributed by atoms with Gasteiger partial charge in [0.15, 0.2) is 5.82 Å². The average molecular weight is 453 g/mol. The summed E-state index contributed by atoms with van der Waals surface area (Å²) in [6.07, 6.45) is 2.44. The highest BCUT2D eigenvalue weighted by molar-refractivity contribution is 7.13. The second-order valence-electron chi connectivity index (χ2n) is 7.74. The fourth-order valence-corrected chi connectivity index (χ4v) is 4.79. The second kappa shape index (κ2) is 9.62. The maximum atomic E-state index is 12.4. The number of amides is 1. The number of carbonyl (C=O) groups is 1. The van der Waals surface area contributed by atoms with Crippen molar-refractivity contribution in [1.82, 2.24) is 24.8 Å². The van der Waals surface area contributed by atoms with Gasteiger partial charge in [0, 0.05) is 32.0 Å². The predicted octanol–water partition coefficient (Wildman–Crippen LogP) is 3.64. The van der Waals surface area contributed by atoms with Gasteiger partial charge in [-0.3, -0.25) is 4.79 Å². The number of pyridine rings is 1. The third kappa shape index (κ3) is 4.44. The molecule has 1 aromatic carbocycles. The number of ether oxygens (including phenoxy) is 1. The number of methoxy groups -OCH3 is 1. The Morgan fingerprint density at radius 2 is 2.00 bits per heavy atom. The molecule has 0 radical (unpaired) electrons. The third-order valence-electron chi connectivity index (χ3n) is 5.42. The van der Waals surface area contributed by atoms with E-state index < -0.39 is 0 Å². The number of fused-ring (bicyclic) bond motifs is 3. The molecule has 4 aromatic rings. The molecule has 8 nitrogen and oxygen atoms in total. The number of thiazole rings is 1. The number of nitrogens with two attached hydrogens (primary N) is 1. The molecule has 3 aromatic heterocycles. The minimum absolute atomic E-state index is 0.0493. The summed E-state index contributed by atoms with van der Waals surface area (Å²) in [6, 6.07) is 7.99. The summed E-state index contributed by atoms with van der Waals surface area (Å²) in [5, 5.41) is 4.96. The van der Waals surface area contributed by atoms with Crippen LogP contribution in [0.1, 0.15) is 39.0 Å². The van der Waals surface area contributed by atoms with E-state index in [1.165, 1.54) is 11.3 Å². The van der Waals surface area contributed by atoms with E-state index >= 15 is 0 Å². The largest absolute Gasteiger partial charge is 0.384 e. The molecule has 1 amide bonds. The van der Waals surface area contributed by atoms with Gasteiger partial charge in [-0.2, -0.15) is 0 Å². The molecule has 0 saturated carbocycles. The molecule has 0 aliphatic heterocycles. The lowest BCUT2D eigenvalue weighted by molar-refractivity contribution is 0.0956. The standard InChI is InChI=1S/C23H28N6O2S/c1-14-21(32-15(2)26-14)23(30)25-11-6-7-12-29-18(10-13-31-3)28-19-20(29)16-8-4-5-9-17(16)27-22(19)24/h4-5,8-9H,6-7,10-13H2,1-3H3,(H2,24,27)(H,25,30). The highest BCUT2D eigenvalue weighted by Crippen LogP contribution is 2.29. The van der Waals surface area contributed by atoms with Gasteiger partial charge >= 0.3 is 0 Å². The number of benzene rings is 1. The molecule has 3 heterocycles. The van der Waals surface area contributed by atoms with Crippen molar-refractivity contribution in [3.63, 3.8) is 0 Å². The maximum absolute atomic E-state index is 12.4. The molecule has 9 heteroatoms. The Hall–Kier alpha value is -3.04. The minimum atomic E-state index is -0.0493. The average Bonchev–Trinajstić information content (AvgIpc) is 3.31. The first-order valence-corrected chi connectivity index (χ1v) is 11.6. The lowest BCUT2D eigenvalue weighted by Gasteiger charge is -2.11. The molecule has 32 heavy (non-hydrogen) atoms. The van der Waals surface area contributed by atoms with Crippen molar-refractivity contribution in [3.05, 3.63) is 45.7 Å². The molecule has 0 unspecified atom stereocenters. The van der Waals surface area contributed by atoms with Crippen molar-refractivity contribution in [2.45, 2.75) is 39.7 Å². The number of carbonyl (C=O) groups excluding carboxylic acids is 1. The first-order valence-electron chi connectivity index (χ1n) is 10.7. The molecule has 3 N–H and O–H groups in total. The van der Waals surface area contributed by atoms with Crippen LogP contribution in [0.4, 0.5) is 5.82 Å². The lowest BCUT2D eigenvalue weighted by atomic mass is 10.2. The first-order chi connectivity index (χ1) is 15.5. The zero-order chi connectivity index (χ0) is 22.7. The van der Waals surface area contributed by atoms with Gasteiger partial charge in [0.2, 0.25) is 0 Å². The van der Waals surface area contributed by atoms with E-state index in [1.807, 2.05) is 32.0 Å². The minimum Gasteiger partial charge on any atom is -0.384 e. The van der Waals surface area contributed by atoms with Gasteiger partial charge in [-0.15, -0.1) is 11.3 Å². The normalized spacial score (nSPS) is 11.5. The molecule has 0 aliphatic carbocycles. The number of imidazole rings is 1.